The van der Waals surface area contributed by atoms with E-state index in [1.807, 2.05) is 37.3 Å². The Morgan fingerprint density at radius 1 is 1.24 bits per heavy atom. The topological polar surface area (TPSA) is 64.3 Å². The Morgan fingerprint density at radius 2 is 1.93 bits per heavy atom. The Kier molecular flexibility index (Phi) is 8.41. The first-order valence-electron chi connectivity index (χ1n) is 10.4. The fraction of sp³-hybridized carbons (Fsp3) is 0.478. The molecule has 0 amide bonds. The molecule has 1 atom stereocenters. The van der Waals surface area contributed by atoms with E-state index in [0.717, 1.165) is 36.3 Å². The Labute approximate surface area is 175 Å². The molecule has 6 heteroatoms. The van der Waals surface area contributed by atoms with E-state index >= 15 is 0 Å². The van der Waals surface area contributed by atoms with Gasteiger partial charge in [-0.05, 0) is 25.0 Å². The van der Waals surface area contributed by atoms with E-state index in [1.54, 1.807) is 12.3 Å². The van der Waals surface area contributed by atoms with E-state index in [0.29, 0.717) is 18.6 Å². The number of carboxylic acid groups (broad SMARTS) is 1. The highest BCUT2D eigenvalue weighted by atomic mass is 28.3. The number of carboxylic acids is 1. The summed E-state index contributed by atoms with van der Waals surface area (Å²) < 4.78 is 8.33. The second-order valence-corrected chi connectivity index (χ2v) is 13.6. The van der Waals surface area contributed by atoms with Crippen molar-refractivity contribution in [3.63, 3.8) is 0 Å². The Bertz CT molecular complexity index is 822. The molecule has 0 aliphatic heterocycles. The first kappa shape index (κ1) is 23.1. The van der Waals surface area contributed by atoms with Crippen LogP contribution in [0.15, 0.2) is 42.1 Å². The summed E-state index contributed by atoms with van der Waals surface area (Å²) >= 11 is 0. The lowest BCUT2D eigenvalue weighted by molar-refractivity contribution is -0.132. The third-order valence-electron chi connectivity index (χ3n) is 4.79. The van der Waals surface area contributed by atoms with Crippen molar-refractivity contribution in [1.82, 2.24) is 9.55 Å². The number of ether oxygens (including phenoxy) is 1. The lowest BCUT2D eigenvalue weighted by Crippen LogP contribution is -2.38. The normalized spacial score (nSPS) is 13.5. The molecule has 0 fully saturated rings. The van der Waals surface area contributed by atoms with Crippen LogP contribution >= 0.6 is 0 Å². The SMILES string of the molecule is CCCCc1ncc(C=C(Cc2ccccc2)C(=O)O)n1C(OCC)[Si](C)(C)C. The molecule has 0 bridgehead atoms. The summed E-state index contributed by atoms with van der Waals surface area (Å²) in [6.07, 6.45) is 6.92. The maximum absolute atomic E-state index is 12.0. The van der Waals surface area contributed by atoms with Crippen LogP contribution in [0.5, 0.6) is 0 Å². The number of hydrogen-bond acceptors (Lipinski definition) is 3. The number of nitrogens with zero attached hydrogens (tertiary/aromatic N) is 2. The number of aryl methyl sites for hydroxylation is 1. The van der Waals surface area contributed by atoms with Crippen molar-refractivity contribution in [2.75, 3.05) is 6.61 Å². The van der Waals surface area contributed by atoms with E-state index in [4.69, 9.17) is 4.74 Å². The van der Waals surface area contributed by atoms with Crippen molar-refractivity contribution in [3.8, 4) is 0 Å². The van der Waals surface area contributed by atoms with E-state index in [2.05, 4.69) is 36.1 Å². The molecule has 29 heavy (non-hydrogen) atoms. The van der Waals surface area contributed by atoms with Gasteiger partial charge in [-0.2, -0.15) is 0 Å². The van der Waals surface area contributed by atoms with Gasteiger partial charge in [-0.1, -0.05) is 63.3 Å². The first-order chi connectivity index (χ1) is 13.8. The van der Waals surface area contributed by atoms with Gasteiger partial charge in [0.25, 0.3) is 0 Å². The zero-order chi connectivity index (χ0) is 21.4. The third kappa shape index (κ3) is 6.40. The largest absolute Gasteiger partial charge is 0.478 e. The van der Waals surface area contributed by atoms with Gasteiger partial charge in [-0.15, -0.1) is 0 Å². The summed E-state index contributed by atoms with van der Waals surface area (Å²) in [5, 5.41) is 9.82. The highest BCUT2D eigenvalue weighted by Gasteiger charge is 2.32. The third-order valence-corrected chi connectivity index (χ3v) is 6.70. The van der Waals surface area contributed by atoms with Gasteiger partial charge >= 0.3 is 5.97 Å². The van der Waals surface area contributed by atoms with Gasteiger partial charge in [0.2, 0.25) is 0 Å². The van der Waals surface area contributed by atoms with Crippen LogP contribution in [0, 0.1) is 0 Å². The minimum absolute atomic E-state index is 0.0834. The quantitative estimate of drug-likeness (QED) is 0.398. The smallest absolute Gasteiger partial charge is 0.331 e. The van der Waals surface area contributed by atoms with Gasteiger partial charge in [-0.3, -0.25) is 0 Å². The highest BCUT2D eigenvalue weighted by Crippen LogP contribution is 2.28. The van der Waals surface area contributed by atoms with Gasteiger partial charge in [0.05, 0.1) is 11.9 Å². The molecule has 158 valence electrons. The van der Waals surface area contributed by atoms with Crippen LogP contribution in [0.1, 0.15) is 49.6 Å². The van der Waals surface area contributed by atoms with Crippen LogP contribution in [0.25, 0.3) is 6.08 Å². The fourth-order valence-corrected chi connectivity index (χ4v) is 5.10. The number of aromatic nitrogens is 2. The van der Waals surface area contributed by atoms with Crippen molar-refractivity contribution in [2.45, 2.75) is 65.0 Å². The standard InChI is InChI=1S/C23H34N2O3Si/c1-6-8-14-21-24-17-20(25(21)23(28-7-2)29(3,4)5)16-19(22(26)27)15-18-12-10-9-11-13-18/h9-13,16-17,23H,6-8,14-15H2,1-5H3,(H,26,27). The molecule has 2 rings (SSSR count). The molecule has 0 radical (unpaired) electrons. The molecular formula is C23H34N2O3Si. The van der Waals surface area contributed by atoms with Crippen LogP contribution in [0.3, 0.4) is 0 Å². The maximum Gasteiger partial charge on any atom is 0.331 e. The van der Waals surface area contributed by atoms with Crippen LogP contribution in [-0.2, 0) is 22.4 Å². The minimum atomic E-state index is -1.74. The van der Waals surface area contributed by atoms with Gasteiger partial charge in [0, 0.05) is 25.0 Å². The molecule has 1 aromatic heterocycles. The molecular weight excluding hydrogens is 380 g/mol. The molecule has 2 aromatic rings. The summed E-state index contributed by atoms with van der Waals surface area (Å²) in [6, 6.07) is 9.69. The van der Waals surface area contributed by atoms with Gasteiger partial charge < -0.3 is 14.4 Å². The number of rotatable bonds is 11. The number of imidazole rings is 1. The maximum atomic E-state index is 12.0. The lowest BCUT2D eigenvalue weighted by Gasteiger charge is -2.32. The number of benzene rings is 1. The molecule has 1 aromatic carbocycles. The molecule has 0 saturated carbocycles. The predicted molar refractivity (Wildman–Crippen MR) is 121 cm³/mol. The second-order valence-electron chi connectivity index (χ2n) is 8.38. The van der Waals surface area contributed by atoms with Crippen molar-refractivity contribution in [2.24, 2.45) is 0 Å². The summed E-state index contributed by atoms with van der Waals surface area (Å²) in [4.78, 5) is 16.6. The van der Waals surface area contributed by atoms with Crippen molar-refractivity contribution in [3.05, 3.63) is 59.2 Å². The molecule has 0 aliphatic rings. The zero-order valence-electron chi connectivity index (χ0n) is 18.3. The number of aliphatic carboxylic acids is 1. The molecule has 5 nitrogen and oxygen atoms in total. The van der Waals surface area contributed by atoms with Crippen LogP contribution in [-0.4, -0.2) is 35.3 Å². The second kappa shape index (κ2) is 10.6. The molecule has 0 spiro atoms. The molecule has 0 aliphatic carbocycles. The van der Waals surface area contributed by atoms with Gasteiger partial charge in [-0.25, -0.2) is 9.78 Å². The fourth-order valence-electron chi connectivity index (χ4n) is 3.36. The van der Waals surface area contributed by atoms with Crippen molar-refractivity contribution < 1.29 is 14.6 Å². The average molecular weight is 415 g/mol. The highest BCUT2D eigenvalue weighted by molar-refractivity contribution is 6.76. The number of carbonyl (C=O) groups is 1. The van der Waals surface area contributed by atoms with Crippen LogP contribution in [0.4, 0.5) is 0 Å². The van der Waals surface area contributed by atoms with Crippen molar-refractivity contribution in [1.29, 1.82) is 0 Å². The monoisotopic (exact) mass is 414 g/mol. The van der Waals surface area contributed by atoms with E-state index in [9.17, 15) is 9.90 Å². The Morgan fingerprint density at radius 3 is 2.48 bits per heavy atom. The summed E-state index contributed by atoms with van der Waals surface area (Å²) in [6.45, 7) is 11.6. The minimum Gasteiger partial charge on any atom is -0.478 e. The van der Waals surface area contributed by atoms with Crippen molar-refractivity contribution >= 4 is 20.1 Å². The summed E-state index contributed by atoms with van der Waals surface area (Å²) in [7, 11) is -1.74. The molecule has 1 unspecified atom stereocenters. The van der Waals surface area contributed by atoms with Crippen LogP contribution in [0.2, 0.25) is 19.6 Å². The van der Waals surface area contributed by atoms with Crippen LogP contribution < -0.4 is 0 Å². The molecule has 1 heterocycles. The predicted octanol–water partition coefficient (Wildman–Crippen LogP) is 5.35. The average Bonchev–Trinajstić information content (AvgIpc) is 3.05. The number of unbranched alkanes of at least 4 members (excludes halogenated alkanes) is 1. The van der Waals surface area contributed by atoms with Gasteiger partial charge in [0.1, 0.15) is 19.7 Å². The number of hydrogen-bond donors (Lipinski definition) is 1. The summed E-state index contributed by atoms with van der Waals surface area (Å²) in [5.74, 6) is -0.0130. The van der Waals surface area contributed by atoms with E-state index in [1.165, 1.54) is 0 Å². The van der Waals surface area contributed by atoms with E-state index in [-0.39, 0.29) is 5.85 Å². The molecule has 1 N–H and O–H groups in total. The molecule has 0 saturated heterocycles. The summed E-state index contributed by atoms with van der Waals surface area (Å²) in [5.41, 5.74) is 2.14. The van der Waals surface area contributed by atoms with Gasteiger partial charge in [0.15, 0.2) is 0 Å². The Hall–Kier alpha value is -2.18. The lowest BCUT2D eigenvalue weighted by atomic mass is 10.0. The zero-order valence-corrected chi connectivity index (χ0v) is 19.3. The Balaban J connectivity index is 2.53. The first-order valence-corrected chi connectivity index (χ1v) is 14.0. The van der Waals surface area contributed by atoms with E-state index < -0.39 is 14.0 Å².